The average molecular weight is 397 g/mol. The van der Waals surface area contributed by atoms with Crippen LogP contribution in [0.15, 0.2) is 0 Å². The Morgan fingerprint density at radius 1 is 1.19 bits per heavy atom. The van der Waals surface area contributed by atoms with E-state index in [4.69, 9.17) is 4.84 Å². The Morgan fingerprint density at radius 2 is 1.93 bits per heavy atom. The summed E-state index contributed by atoms with van der Waals surface area (Å²) in [6, 6.07) is 0.509. The fourth-order valence-electron chi connectivity index (χ4n) is 3.86. The van der Waals surface area contributed by atoms with E-state index in [-0.39, 0.29) is 37.4 Å². The molecular formula is C18H27N3O5S. The number of fused-ring (bicyclic) bond motifs is 1. The van der Waals surface area contributed by atoms with Crippen LogP contribution in [0.3, 0.4) is 0 Å². The zero-order valence-electron chi connectivity index (χ0n) is 15.6. The molecule has 3 saturated heterocycles. The number of nitrogens with one attached hydrogen (secondary N) is 1. The number of rotatable bonds is 9. The SMILES string of the molecule is CCCCN1C(=O)N[C@H]2CS[C@@H](CCCCC(=O)ON3C(=O)CCC3=O)[C@H]21. The second-order valence-electron chi connectivity index (χ2n) is 7.26. The third-order valence-corrected chi connectivity index (χ3v) is 6.78. The van der Waals surface area contributed by atoms with Crippen molar-refractivity contribution in [1.29, 1.82) is 0 Å². The molecular weight excluding hydrogens is 370 g/mol. The molecule has 3 atom stereocenters. The van der Waals surface area contributed by atoms with E-state index >= 15 is 0 Å². The first-order chi connectivity index (χ1) is 13.0. The van der Waals surface area contributed by atoms with Crippen molar-refractivity contribution in [3.05, 3.63) is 0 Å². The third kappa shape index (κ3) is 4.56. The molecule has 4 amide bonds. The number of hydrogen-bond acceptors (Lipinski definition) is 6. The van der Waals surface area contributed by atoms with Gasteiger partial charge in [-0.3, -0.25) is 9.59 Å². The summed E-state index contributed by atoms with van der Waals surface area (Å²) in [6.45, 7) is 2.92. The smallest absolute Gasteiger partial charge is 0.332 e. The highest BCUT2D eigenvalue weighted by atomic mass is 32.2. The Bertz CT molecular complexity index is 598. The van der Waals surface area contributed by atoms with Crippen molar-refractivity contribution in [2.24, 2.45) is 0 Å². The van der Waals surface area contributed by atoms with E-state index in [0.29, 0.717) is 16.7 Å². The van der Waals surface area contributed by atoms with Gasteiger partial charge in [-0.15, -0.1) is 5.06 Å². The van der Waals surface area contributed by atoms with E-state index in [1.165, 1.54) is 0 Å². The number of hydrogen-bond donors (Lipinski definition) is 1. The predicted molar refractivity (Wildman–Crippen MR) is 99.6 cm³/mol. The number of nitrogens with zero attached hydrogens (tertiary/aromatic N) is 2. The van der Waals surface area contributed by atoms with Gasteiger partial charge in [-0.05, 0) is 19.3 Å². The average Bonchev–Trinajstić information content (AvgIpc) is 3.27. The maximum Gasteiger partial charge on any atom is 0.333 e. The lowest BCUT2D eigenvalue weighted by Crippen LogP contribution is -2.41. The van der Waals surface area contributed by atoms with Crippen molar-refractivity contribution in [2.45, 2.75) is 75.6 Å². The molecule has 0 unspecified atom stereocenters. The van der Waals surface area contributed by atoms with E-state index in [9.17, 15) is 19.2 Å². The van der Waals surface area contributed by atoms with Crippen LogP contribution in [0.1, 0.15) is 58.3 Å². The molecule has 3 heterocycles. The van der Waals surface area contributed by atoms with Crippen molar-refractivity contribution in [1.82, 2.24) is 15.3 Å². The zero-order chi connectivity index (χ0) is 19.4. The van der Waals surface area contributed by atoms with Gasteiger partial charge in [0.15, 0.2) is 0 Å². The van der Waals surface area contributed by atoms with Crippen LogP contribution in [0.5, 0.6) is 0 Å². The van der Waals surface area contributed by atoms with Gasteiger partial charge in [-0.25, -0.2) is 9.59 Å². The monoisotopic (exact) mass is 397 g/mol. The number of hydroxylamine groups is 2. The molecule has 0 saturated carbocycles. The molecule has 150 valence electrons. The summed E-state index contributed by atoms with van der Waals surface area (Å²) in [5.41, 5.74) is 0. The molecule has 0 radical (unpaired) electrons. The Kier molecular flexibility index (Phi) is 6.62. The molecule has 0 spiro atoms. The maximum absolute atomic E-state index is 12.2. The van der Waals surface area contributed by atoms with Gasteiger partial charge in [0.05, 0.1) is 12.1 Å². The van der Waals surface area contributed by atoms with Crippen molar-refractivity contribution in [2.75, 3.05) is 12.3 Å². The van der Waals surface area contributed by atoms with E-state index < -0.39 is 17.8 Å². The summed E-state index contributed by atoms with van der Waals surface area (Å²) < 4.78 is 0. The maximum atomic E-state index is 12.2. The fraction of sp³-hybridized carbons (Fsp3) is 0.778. The summed E-state index contributed by atoms with van der Waals surface area (Å²) in [6.07, 6.45) is 4.87. The highest BCUT2D eigenvalue weighted by Gasteiger charge is 2.47. The molecule has 9 heteroatoms. The number of imide groups is 1. The van der Waals surface area contributed by atoms with Gasteiger partial charge in [0.2, 0.25) is 0 Å². The van der Waals surface area contributed by atoms with Crippen LogP contribution in [0.25, 0.3) is 0 Å². The highest BCUT2D eigenvalue weighted by molar-refractivity contribution is 8.00. The van der Waals surface area contributed by atoms with Gasteiger partial charge in [0.1, 0.15) is 0 Å². The zero-order valence-corrected chi connectivity index (χ0v) is 16.5. The lowest BCUT2D eigenvalue weighted by Gasteiger charge is -2.27. The minimum atomic E-state index is -0.544. The van der Waals surface area contributed by atoms with Crippen molar-refractivity contribution >= 4 is 35.6 Å². The van der Waals surface area contributed by atoms with Crippen molar-refractivity contribution in [3.63, 3.8) is 0 Å². The number of thioether (sulfide) groups is 1. The molecule has 0 bridgehead atoms. The molecule has 0 aromatic carbocycles. The van der Waals surface area contributed by atoms with Crippen LogP contribution in [0, 0.1) is 0 Å². The first kappa shape index (κ1) is 20.0. The number of amides is 4. The Morgan fingerprint density at radius 3 is 2.63 bits per heavy atom. The number of carbonyl (C=O) groups is 4. The lowest BCUT2D eigenvalue weighted by atomic mass is 10.0. The first-order valence-electron chi connectivity index (χ1n) is 9.76. The molecule has 8 nitrogen and oxygen atoms in total. The van der Waals surface area contributed by atoms with Crippen molar-refractivity contribution in [3.8, 4) is 0 Å². The third-order valence-electron chi connectivity index (χ3n) is 5.28. The summed E-state index contributed by atoms with van der Waals surface area (Å²) in [5.74, 6) is -0.511. The van der Waals surface area contributed by atoms with Crippen LogP contribution < -0.4 is 5.32 Å². The predicted octanol–water partition coefficient (Wildman–Crippen LogP) is 1.83. The molecule has 0 aromatic heterocycles. The molecule has 3 aliphatic heterocycles. The second-order valence-corrected chi connectivity index (χ2v) is 8.53. The Balaban J connectivity index is 1.40. The Hall–Kier alpha value is -1.77. The fourth-order valence-corrected chi connectivity index (χ4v) is 5.46. The number of carbonyl (C=O) groups excluding carboxylic acids is 4. The highest BCUT2D eigenvalue weighted by Crippen LogP contribution is 2.37. The summed E-state index contributed by atoms with van der Waals surface area (Å²) >= 11 is 1.89. The minimum Gasteiger partial charge on any atom is -0.332 e. The van der Waals surface area contributed by atoms with Crippen LogP contribution in [0.4, 0.5) is 4.79 Å². The molecule has 0 aromatic rings. The topological polar surface area (TPSA) is 96.0 Å². The van der Waals surface area contributed by atoms with Gasteiger partial charge in [-0.2, -0.15) is 11.8 Å². The van der Waals surface area contributed by atoms with Gasteiger partial charge < -0.3 is 15.1 Å². The van der Waals surface area contributed by atoms with E-state index in [0.717, 1.165) is 38.0 Å². The molecule has 27 heavy (non-hydrogen) atoms. The van der Waals surface area contributed by atoms with Crippen LogP contribution in [0.2, 0.25) is 0 Å². The van der Waals surface area contributed by atoms with E-state index in [1.54, 1.807) is 0 Å². The summed E-state index contributed by atoms with van der Waals surface area (Å²) in [5, 5.41) is 4.06. The molecule has 3 rings (SSSR count). The molecule has 3 fully saturated rings. The van der Waals surface area contributed by atoms with Gasteiger partial charge in [-0.1, -0.05) is 19.8 Å². The number of unbranched alkanes of at least 4 members (excludes halogenated alkanes) is 2. The molecule has 3 aliphatic rings. The normalized spacial score (nSPS) is 27.3. The van der Waals surface area contributed by atoms with Gasteiger partial charge >= 0.3 is 12.0 Å². The molecule has 0 aliphatic carbocycles. The molecule has 1 N–H and O–H groups in total. The quantitative estimate of drug-likeness (QED) is 0.362. The van der Waals surface area contributed by atoms with Gasteiger partial charge in [0, 0.05) is 36.8 Å². The van der Waals surface area contributed by atoms with E-state index in [1.807, 2.05) is 16.7 Å². The van der Waals surface area contributed by atoms with Crippen molar-refractivity contribution < 1.29 is 24.0 Å². The Labute approximate surface area is 163 Å². The second kappa shape index (κ2) is 8.95. The van der Waals surface area contributed by atoms with Crippen LogP contribution in [-0.2, 0) is 19.2 Å². The van der Waals surface area contributed by atoms with Crippen LogP contribution >= 0.6 is 11.8 Å². The summed E-state index contributed by atoms with van der Waals surface area (Å²) in [7, 11) is 0. The van der Waals surface area contributed by atoms with E-state index in [2.05, 4.69) is 12.2 Å². The standard InChI is InChI=1S/C18H27N3O5S/c1-2-3-10-20-17-12(19-18(20)25)11-27-13(17)6-4-5-7-16(24)26-21-14(22)8-9-15(21)23/h12-13,17H,2-11H2,1H3,(H,19,25)/t12-,13-,17-/m0/s1. The lowest BCUT2D eigenvalue weighted by molar-refractivity contribution is -0.197. The first-order valence-corrected chi connectivity index (χ1v) is 10.8. The summed E-state index contributed by atoms with van der Waals surface area (Å²) in [4.78, 5) is 53.8. The largest absolute Gasteiger partial charge is 0.333 e. The van der Waals surface area contributed by atoms with Gasteiger partial charge in [0.25, 0.3) is 11.8 Å². The minimum absolute atomic E-state index is 0.0484. The van der Waals surface area contributed by atoms with Crippen LogP contribution in [-0.4, -0.2) is 63.4 Å². The number of urea groups is 1.